The first kappa shape index (κ1) is 23.6. The summed E-state index contributed by atoms with van der Waals surface area (Å²) in [6.07, 6.45) is 2.21. The van der Waals surface area contributed by atoms with Crippen molar-refractivity contribution in [2.24, 2.45) is 5.73 Å². The van der Waals surface area contributed by atoms with Gasteiger partial charge in [0.1, 0.15) is 17.2 Å². The smallest absolute Gasteiger partial charge is 0.269 e. The number of benzene rings is 2. The van der Waals surface area contributed by atoms with Crippen molar-refractivity contribution in [1.29, 1.82) is 0 Å². The van der Waals surface area contributed by atoms with E-state index in [1.54, 1.807) is 4.68 Å². The van der Waals surface area contributed by atoms with Gasteiger partial charge in [0, 0.05) is 32.2 Å². The SMILES string of the molecule is C=CC(=O)N1CCN(C2CCNc3c2nn(-c2ccc(Oc4ccccc4)cc2)c3C(N)=O)C[C@@H]1C. The van der Waals surface area contributed by atoms with Crippen LogP contribution in [0.2, 0.25) is 0 Å². The van der Waals surface area contributed by atoms with Crippen molar-refractivity contribution < 1.29 is 14.3 Å². The van der Waals surface area contributed by atoms with Crippen molar-refractivity contribution >= 4 is 17.5 Å². The minimum Gasteiger partial charge on any atom is -0.457 e. The number of nitrogens with zero attached hydrogens (tertiary/aromatic N) is 4. The molecule has 9 heteroatoms. The summed E-state index contributed by atoms with van der Waals surface area (Å²) in [5.74, 6) is 0.831. The number of primary amides is 1. The Kier molecular flexibility index (Phi) is 6.47. The van der Waals surface area contributed by atoms with Crippen LogP contribution in [0.1, 0.15) is 35.6 Å². The first-order valence-corrected chi connectivity index (χ1v) is 12.1. The Morgan fingerprint density at radius 1 is 1.11 bits per heavy atom. The van der Waals surface area contributed by atoms with E-state index in [0.29, 0.717) is 42.5 Å². The summed E-state index contributed by atoms with van der Waals surface area (Å²) in [7, 11) is 0. The fraction of sp³-hybridized carbons (Fsp3) is 0.296. The number of rotatable bonds is 6. The fourth-order valence-corrected chi connectivity index (χ4v) is 5.08. The van der Waals surface area contributed by atoms with Crippen molar-refractivity contribution in [3.8, 4) is 17.2 Å². The molecule has 3 aromatic rings. The van der Waals surface area contributed by atoms with Gasteiger partial charge >= 0.3 is 0 Å². The Morgan fingerprint density at radius 3 is 2.50 bits per heavy atom. The Balaban J connectivity index is 1.43. The third-order valence-electron chi connectivity index (χ3n) is 6.80. The quantitative estimate of drug-likeness (QED) is 0.518. The molecule has 0 radical (unpaired) electrons. The Labute approximate surface area is 210 Å². The number of nitrogens with one attached hydrogen (secondary N) is 1. The molecule has 0 saturated carbocycles. The maximum atomic E-state index is 12.6. The summed E-state index contributed by atoms with van der Waals surface area (Å²) in [5, 5.41) is 8.23. The summed E-state index contributed by atoms with van der Waals surface area (Å²) in [6.45, 7) is 8.42. The lowest BCUT2D eigenvalue weighted by Crippen LogP contribution is -2.54. The zero-order valence-corrected chi connectivity index (χ0v) is 20.3. The van der Waals surface area contributed by atoms with E-state index in [1.807, 2.05) is 66.4 Å². The second-order valence-corrected chi connectivity index (χ2v) is 9.10. The maximum Gasteiger partial charge on any atom is 0.269 e. The van der Waals surface area contributed by atoms with E-state index in [9.17, 15) is 9.59 Å². The van der Waals surface area contributed by atoms with E-state index >= 15 is 0 Å². The number of fused-ring (bicyclic) bond motifs is 1. The van der Waals surface area contributed by atoms with Crippen molar-refractivity contribution in [2.45, 2.75) is 25.4 Å². The van der Waals surface area contributed by atoms with Crippen LogP contribution in [0.3, 0.4) is 0 Å². The van der Waals surface area contributed by atoms with Gasteiger partial charge in [0.05, 0.1) is 17.4 Å². The highest BCUT2D eigenvalue weighted by atomic mass is 16.5. The number of carbonyl (C=O) groups is 2. The highest BCUT2D eigenvalue weighted by molar-refractivity contribution is 5.98. The molecule has 1 saturated heterocycles. The first-order chi connectivity index (χ1) is 17.5. The molecule has 5 rings (SSSR count). The molecule has 1 fully saturated rings. The predicted molar refractivity (Wildman–Crippen MR) is 137 cm³/mol. The fourth-order valence-electron chi connectivity index (χ4n) is 5.08. The van der Waals surface area contributed by atoms with Gasteiger partial charge in [-0.1, -0.05) is 24.8 Å². The zero-order valence-electron chi connectivity index (χ0n) is 20.3. The summed E-state index contributed by atoms with van der Waals surface area (Å²) < 4.78 is 7.51. The largest absolute Gasteiger partial charge is 0.457 e. The minimum atomic E-state index is -0.545. The number of hydrogen-bond donors (Lipinski definition) is 2. The van der Waals surface area contributed by atoms with Crippen molar-refractivity contribution in [3.05, 3.63) is 78.6 Å². The van der Waals surface area contributed by atoms with Crippen LogP contribution < -0.4 is 15.8 Å². The van der Waals surface area contributed by atoms with Gasteiger partial charge in [0.15, 0.2) is 5.69 Å². The number of hydrogen-bond acceptors (Lipinski definition) is 6. The number of anilines is 1. The molecule has 2 aromatic carbocycles. The van der Waals surface area contributed by atoms with Crippen molar-refractivity contribution in [2.75, 3.05) is 31.5 Å². The van der Waals surface area contributed by atoms with Gasteiger partial charge in [-0.05, 0) is 55.8 Å². The second kappa shape index (κ2) is 9.87. The monoisotopic (exact) mass is 486 g/mol. The average Bonchev–Trinajstić information content (AvgIpc) is 3.29. The van der Waals surface area contributed by atoms with Gasteiger partial charge in [0.2, 0.25) is 5.91 Å². The molecule has 0 bridgehead atoms. The summed E-state index contributed by atoms with van der Waals surface area (Å²) in [4.78, 5) is 28.9. The van der Waals surface area contributed by atoms with Gasteiger partial charge < -0.3 is 20.7 Å². The van der Waals surface area contributed by atoms with Crippen LogP contribution in [0.5, 0.6) is 11.5 Å². The van der Waals surface area contributed by atoms with Crippen LogP contribution in [0.25, 0.3) is 5.69 Å². The summed E-state index contributed by atoms with van der Waals surface area (Å²) in [5.41, 5.74) is 8.37. The number of nitrogens with two attached hydrogens (primary N) is 1. The molecule has 3 N–H and O–H groups in total. The highest BCUT2D eigenvalue weighted by Crippen LogP contribution is 2.38. The number of para-hydroxylation sites is 1. The average molecular weight is 487 g/mol. The number of carbonyl (C=O) groups excluding carboxylic acids is 2. The molecule has 2 amide bonds. The lowest BCUT2D eigenvalue weighted by molar-refractivity contribution is -0.130. The molecule has 2 aliphatic rings. The third-order valence-corrected chi connectivity index (χ3v) is 6.80. The van der Waals surface area contributed by atoms with E-state index in [0.717, 1.165) is 24.4 Å². The van der Waals surface area contributed by atoms with Crippen LogP contribution >= 0.6 is 0 Å². The maximum absolute atomic E-state index is 12.6. The lowest BCUT2D eigenvalue weighted by Gasteiger charge is -2.43. The van der Waals surface area contributed by atoms with Crippen LogP contribution in [-0.2, 0) is 4.79 Å². The Morgan fingerprint density at radius 2 is 1.83 bits per heavy atom. The van der Waals surface area contributed by atoms with Gasteiger partial charge in [0.25, 0.3) is 5.91 Å². The number of aromatic nitrogens is 2. The molecule has 36 heavy (non-hydrogen) atoms. The van der Waals surface area contributed by atoms with E-state index in [4.69, 9.17) is 15.6 Å². The highest BCUT2D eigenvalue weighted by Gasteiger charge is 2.37. The molecular weight excluding hydrogens is 456 g/mol. The van der Waals surface area contributed by atoms with Crippen molar-refractivity contribution in [3.63, 3.8) is 0 Å². The standard InChI is InChI=1S/C27H30N6O3/c1-3-23(34)32-16-15-31(17-18(32)2)22-13-14-29-25-24(22)30-33(26(25)27(28)35)19-9-11-21(12-10-19)36-20-7-5-4-6-8-20/h3-12,18,22,29H,1,13-17H2,2H3,(H2,28,35)/t18-,22?/m0/s1. The lowest BCUT2D eigenvalue weighted by atomic mass is 10.00. The van der Waals surface area contributed by atoms with E-state index in [-0.39, 0.29) is 18.0 Å². The normalized spacial score (nSPS) is 19.8. The van der Waals surface area contributed by atoms with E-state index in [1.165, 1.54) is 6.08 Å². The topological polar surface area (TPSA) is 106 Å². The molecule has 0 spiro atoms. The molecule has 0 aliphatic carbocycles. The first-order valence-electron chi connectivity index (χ1n) is 12.1. The van der Waals surface area contributed by atoms with Crippen LogP contribution in [0.4, 0.5) is 5.69 Å². The molecule has 2 aliphatic heterocycles. The molecule has 2 atom stereocenters. The Bertz CT molecular complexity index is 1270. The van der Waals surface area contributed by atoms with Crippen LogP contribution in [0, 0.1) is 0 Å². The van der Waals surface area contributed by atoms with E-state index in [2.05, 4.69) is 16.8 Å². The van der Waals surface area contributed by atoms with Gasteiger partial charge in [-0.2, -0.15) is 5.10 Å². The number of ether oxygens (including phenoxy) is 1. The Hall–Kier alpha value is -4.11. The van der Waals surface area contributed by atoms with Crippen LogP contribution in [-0.4, -0.2) is 63.6 Å². The summed E-state index contributed by atoms with van der Waals surface area (Å²) in [6, 6.07) is 17.0. The number of amides is 2. The molecule has 9 nitrogen and oxygen atoms in total. The van der Waals surface area contributed by atoms with Crippen LogP contribution in [0.15, 0.2) is 67.3 Å². The van der Waals surface area contributed by atoms with Crippen molar-refractivity contribution in [1.82, 2.24) is 19.6 Å². The number of piperazine rings is 1. The van der Waals surface area contributed by atoms with Gasteiger partial charge in [-0.15, -0.1) is 0 Å². The molecule has 186 valence electrons. The molecule has 1 aromatic heterocycles. The van der Waals surface area contributed by atoms with Gasteiger partial charge in [-0.3, -0.25) is 14.5 Å². The molecule has 3 heterocycles. The molecule has 1 unspecified atom stereocenters. The second-order valence-electron chi connectivity index (χ2n) is 9.10. The van der Waals surface area contributed by atoms with E-state index < -0.39 is 5.91 Å². The minimum absolute atomic E-state index is 0.0183. The predicted octanol–water partition coefficient (Wildman–Crippen LogP) is 3.34. The van der Waals surface area contributed by atoms with Gasteiger partial charge in [-0.25, -0.2) is 4.68 Å². The zero-order chi connectivity index (χ0) is 25.2. The molecular formula is C27H30N6O3. The summed E-state index contributed by atoms with van der Waals surface area (Å²) >= 11 is 0. The third kappa shape index (κ3) is 4.45.